The first-order valence-electron chi connectivity index (χ1n) is 6.12. The molecule has 3 N–H and O–H groups in total. The normalized spacial score (nSPS) is 18.5. The van der Waals surface area contributed by atoms with Crippen molar-refractivity contribution in [3.63, 3.8) is 0 Å². The molecular weight excluding hydrogens is 222 g/mol. The van der Waals surface area contributed by atoms with Crippen molar-refractivity contribution >= 4 is 0 Å². The van der Waals surface area contributed by atoms with E-state index >= 15 is 0 Å². The Bertz CT molecular complexity index is 376. The second kappa shape index (κ2) is 5.56. The number of hydrogen-bond acceptors (Lipinski definition) is 2. The molecule has 0 amide bonds. The first-order chi connectivity index (χ1) is 8.20. The minimum absolute atomic E-state index is 0.297. The van der Waals surface area contributed by atoms with Crippen molar-refractivity contribution in [1.29, 1.82) is 0 Å². The summed E-state index contributed by atoms with van der Waals surface area (Å²) in [5.41, 5.74) is 2.94. The Morgan fingerprint density at radius 2 is 2.00 bits per heavy atom. The lowest BCUT2D eigenvalue weighted by atomic mass is 9.93. The van der Waals surface area contributed by atoms with Crippen LogP contribution >= 0.6 is 0 Å². The molecule has 1 aliphatic carbocycles. The fraction of sp³-hybridized carbons (Fsp3) is 0.538. The highest BCUT2D eigenvalue weighted by Gasteiger charge is 2.22. The highest BCUT2D eigenvalue weighted by Crippen LogP contribution is 2.33. The maximum Gasteiger partial charge on any atom is 0.128 e. The zero-order valence-corrected chi connectivity index (χ0v) is 9.76. The van der Waals surface area contributed by atoms with Crippen molar-refractivity contribution in [2.45, 2.75) is 38.1 Å². The molecule has 1 aromatic carbocycles. The van der Waals surface area contributed by atoms with Gasteiger partial charge in [-0.05, 0) is 30.5 Å². The van der Waals surface area contributed by atoms with Gasteiger partial charge in [0.1, 0.15) is 11.6 Å². The fourth-order valence-corrected chi connectivity index (χ4v) is 2.65. The molecule has 2 nitrogen and oxygen atoms in total. The largest absolute Gasteiger partial charge is 0.271 e. The van der Waals surface area contributed by atoms with Gasteiger partial charge >= 0.3 is 0 Å². The second-order valence-corrected chi connectivity index (χ2v) is 4.77. The van der Waals surface area contributed by atoms with E-state index in [0.29, 0.717) is 11.5 Å². The van der Waals surface area contributed by atoms with Gasteiger partial charge in [0.05, 0.1) is 0 Å². The van der Waals surface area contributed by atoms with Gasteiger partial charge in [-0.25, -0.2) is 8.78 Å². The van der Waals surface area contributed by atoms with E-state index in [1.54, 1.807) is 0 Å². The van der Waals surface area contributed by atoms with Crippen LogP contribution in [0.4, 0.5) is 8.78 Å². The highest BCUT2D eigenvalue weighted by molar-refractivity contribution is 5.22. The van der Waals surface area contributed by atoms with Gasteiger partial charge in [-0.3, -0.25) is 11.3 Å². The van der Waals surface area contributed by atoms with E-state index in [0.717, 1.165) is 31.4 Å². The molecule has 94 valence electrons. The molecule has 4 heteroatoms. The summed E-state index contributed by atoms with van der Waals surface area (Å²) in [4.78, 5) is 0. The maximum atomic E-state index is 13.6. The van der Waals surface area contributed by atoms with E-state index < -0.39 is 11.6 Å². The molecule has 1 fully saturated rings. The van der Waals surface area contributed by atoms with Crippen molar-refractivity contribution < 1.29 is 8.78 Å². The molecule has 0 saturated heterocycles. The third kappa shape index (κ3) is 3.01. The monoisotopic (exact) mass is 240 g/mol. The second-order valence-electron chi connectivity index (χ2n) is 4.77. The first-order valence-corrected chi connectivity index (χ1v) is 6.12. The molecular formula is C13H18F2N2. The van der Waals surface area contributed by atoms with Crippen LogP contribution in [0, 0.1) is 17.6 Å². The molecule has 0 aromatic heterocycles. The van der Waals surface area contributed by atoms with E-state index in [2.05, 4.69) is 5.43 Å². The summed E-state index contributed by atoms with van der Waals surface area (Å²) >= 11 is 0. The van der Waals surface area contributed by atoms with Crippen LogP contribution in [0.2, 0.25) is 0 Å². The number of nitrogens with two attached hydrogens (primary N) is 1. The van der Waals surface area contributed by atoms with E-state index in [4.69, 9.17) is 5.84 Å². The predicted octanol–water partition coefficient (Wildman–Crippen LogP) is 3.05. The Hall–Kier alpha value is -1.00. The number of nitrogens with one attached hydrogen (secondary N) is 1. The molecule has 2 rings (SSSR count). The number of halogens is 2. The minimum Gasteiger partial charge on any atom is -0.271 e. The van der Waals surface area contributed by atoms with Crippen LogP contribution in [-0.2, 0) is 0 Å². The summed E-state index contributed by atoms with van der Waals surface area (Å²) in [6.45, 7) is 0. The van der Waals surface area contributed by atoms with Gasteiger partial charge in [-0.1, -0.05) is 25.7 Å². The van der Waals surface area contributed by atoms with E-state index in [9.17, 15) is 8.78 Å². The average molecular weight is 240 g/mol. The molecule has 0 spiro atoms. The summed E-state index contributed by atoms with van der Waals surface area (Å²) < 4.78 is 26.7. The number of rotatable bonds is 4. The van der Waals surface area contributed by atoms with Crippen molar-refractivity contribution in [3.05, 3.63) is 35.4 Å². The molecule has 1 saturated carbocycles. The number of hydrogen-bond donors (Lipinski definition) is 2. The topological polar surface area (TPSA) is 38.0 Å². The quantitative estimate of drug-likeness (QED) is 0.627. The van der Waals surface area contributed by atoms with Gasteiger partial charge < -0.3 is 0 Å². The molecule has 0 radical (unpaired) electrons. The molecule has 1 atom stereocenters. The lowest BCUT2D eigenvalue weighted by Gasteiger charge is -2.20. The Balaban J connectivity index is 2.13. The molecule has 1 aliphatic rings. The van der Waals surface area contributed by atoms with Gasteiger partial charge in [0.25, 0.3) is 0 Å². The van der Waals surface area contributed by atoms with Crippen molar-refractivity contribution in [2.75, 3.05) is 0 Å². The highest BCUT2D eigenvalue weighted by atomic mass is 19.1. The van der Waals surface area contributed by atoms with Gasteiger partial charge in [0.2, 0.25) is 0 Å². The fourth-order valence-electron chi connectivity index (χ4n) is 2.65. The third-order valence-corrected chi connectivity index (χ3v) is 3.58. The molecule has 1 unspecified atom stereocenters. The van der Waals surface area contributed by atoms with Crippen LogP contribution < -0.4 is 11.3 Å². The summed E-state index contributed by atoms with van der Waals surface area (Å²) in [6.07, 6.45) is 5.56. The Kier molecular flexibility index (Phi) is 4.07. The average Bonchev–Trinajstić information content (AvgIpc) is 2.82. The van der Waals surface area contributed by atoms with Crippen molar-refractivity contribution in [2.24, 2.45) is 11.8 Å². The Labute approximate surface area is 100 Å². The maximum absolute atomic E-state index is 13.6. The van der Waals surface area contributed by atoms with Crippen LogP contribution in [0.3, 0.4) is 0 Å². The number of benzene rings is 1. The van der Waals surface area contributed by atoms with Crippen LogP contribution in [0.25, 0.3) is 0 Å². The molecule has 1 aromatic rings. The molecule has 0 bridgehead atoms. The van der Waals surface area contributed by atoms with Gasteiger partial charge in [0, 0.05) is 11.6 Å². The zero-order chi connectivity index (χ0) is 12.3. The Morgan fingerprint density at radius 3 is 2.65 bits per heavy atom. The van der Waals surface area contributed by atoms with Gasteiger partial charge in [-0.15, -0.1) is 0 Å². The van der Waals surface area contributed by atoms with Crippen molar-refractivity contribution in [3.8, 4) is 0 Å². The summed E-state index contributed by atoms with van der Waals surface area (Å²) in [6, 6.07) is 3.22. The summed E-state index contributed by atoms with van der Waals surface area (Å²) in [5, 5.41) is 0. The Morgan fingerprint density at radius 1 is 1.29 bits per heavy atom. The van der Waals surface area contributed by atoms with Gasteiger partial charge in [0.15, 0.2) is 0 Å². The molecule has 0 heterocycles. The van der Waals surface area contributed by atoms with Crippen LogP contribution in [0.1, 0.15) is 43.7 Å². The lowest BCUT2D eigenvalue weighted by Crippen LogP contribution is -2.30. The zero-order valence-electron chi connectivity index (χ0n) is 9.76. The first kappa shape index (κ1) is 12.5. The molecule has 17 heavy (non-hydrogen) atoms. The predicted molar refractivity (Wildman–Crippen MR) is 63.0 cm³/mol. The minimum atomic E-state index is -0.423. The van der Waals surface area contributed by atoms with Crippen LogP contribution in [0.15, 0.2) is 18.2 Å². The SMILES string of the molecule is NNC(CC1CCCC1)c1cc(F)ccc1F. The van der Waals surface area contributed by atoms with E-state index in [-0.39, 0.29) is 6.04 Å². The van der Waals surface area contributed by atoms with Crippen LogP contribution in [-0.4, -0.2) is 0 Å². The smallest absolute Gasteiger partial charge is 0.128 e. The van der Waals surface area contributed by atoms with Crippen LogP contribution in [0.5, 0.6) is 0 Å². The summed E-state index contributed by atoms with van der Waals surface area (Å²) in [5.74, 6) is 5.21. The third-order valence-electron chi connectivity index (χ3n) is 3.58. The standard InChI is InChI=1S/C13H18F2N2/c14-10-5-6-12(15)11(8-10)13(17-16)7-9-3-1-2-4-9/h5-6,8-9,13,17H,1-4,7,16H2. The van der Waals surface area contributed by atoms with E-state index in [1.807, 2.05) is 0 Å². The van der Waals surface area contributed by atoms with E-state index in [1.165, 1.54) is 18.9 Å². The number of hydrazine groups is 1. The summed E-state index contributed by atoms with van der Waals surface area (Å²) in [7, 11) is 0. The van der Waals surface area contributed by atoms with Crippen molar-refractivity contribution in [1.82, 2.24) is 5.43 Å². The lowest BCUT2D eigenvalue weighted by molar-refractivity contribution is 0.388. The van der Waals surface area contributed by atoms with Gasteiger partial charge in [-0.2, -0.15) is 0 Å². The molecule has 0 aliphatic heterocycles.